The Balaban J connectivity index is 5.01. The molecule has 0 spiro atoms. The molecule has 0 aliphatic carbocycles. The molecule has 0 aliphatic heterocycles. The minimum absolute atomic E-state index is 0.0871. The van der Waals surface area contributed by atoms with Crippen molar-refractivity contribution in [2.75, 3.05) is 0 Å². The minimum atomic E-state index is -4.88. The van der Waals surface area contributed by atoms with Gasteiger partial charge in [-0.3, -0.25) is 0 Å². The van der Waals surface area contributed by atoms with E-state index < -0.39 is 20.4 Å². The molecule has 0 aliphatic rings. The minimum Gasteiger partial charge on any atom is -0.192 e. The first-order valence-electron chi connectivity index (χ1n) is 2.26. The average molecular weight is 369 g/mol. The first-order chi connectivity index (χ1) is 5.10. The van der Waals surface area contributed by atoms with Gasteiger partial charge in [0, 0.05) is 22.6 Å². The lowest BCUT2D eigenvalue weighted by atomic mass is 10.3. The van der Waals surface area contributed by atoms with Crippen molar-refractivity contribution < 1.29 is 26.3 Å². The smallest absolute Gasteiger partial charge is 0.192 e. The van der Waals surface area contributed by atoms with Gasteiger partial charge in [-0.15, -0.1) is 0 Å². The summed E-state index contributed by atoms with van der Waals surface area (Å²) in [5.74, 6) is -4.88. The molecule has 0 atom stereocenters. The maximum Gasteiger partial charge on any atom is 0.363 e. The van der Waals surface area contributed by atoms with Crippen molar-refractivity contribution in [1.29, 1.82) is 0 Å². The summed E-state index contributed by atoms with van der Waals surface area (Å²) >= 11 is 1.78. The first kappa shape index (κ1) is 12.5. The lowest BCUT2D eigenvalue weighted by Crippen LogP contribution is -2.35. The van der Waals surface area contributed by atoms with Crippen molar-refractivity contribution in [3.63, 3.8) is 0 Å². The number of rotatable bonds is 2. The number of alkyl halides is 5. The van der Waals surface area contributed by atoms with Crippen LogP contribution in [0.25, 0.3) is 0 Å². The summed E-state index contributed by atoms with van der Waals surface area (Å²) in [6.45, 7) is 0. The molecule has 0 saturated heterocycles. The van der Waals surface area contributed by atoms with Crippen LogP contribution in [0.4, 0.5) is 26.3 Å². The van der Waals surface area contributed by atoms with Gasteiger partial charge in [-0.1, -0.05) is 0 Å². The van der Waals surface area contributed by atoms with Crippen molar-refractivity contribution in [3.8, 4) is 0 Å². The van der Waals surface area contributed by atoms with Gasteiger partial charge in [0.2, 0.25) is 0 Å². The van der Waals surface area contributed by atoms with Gasteiger partial charge < -0.3 is 0 Å². The van der Waals surface area contributed by atoms with E-state index in [2.05, 4.69) is 0 Å². The molecule has 0 amide bonds. The molecule has 0 aromatic rings. The molecule has 0 heterocycles. The number of allylic oxidation sites excluding steroid dienone is 1. The van der Waals surface area contributed by atoms with Crippen LogP contribution in [0.3, 0.4) is 0 Å². The third-order valence-electron chi connectivity index (χ3n) is 0.798. The summed E-state index contributed by atoms with van der Waals surface area (Å²) in [6, 6.07) is 0. The zero-order chi connectivity index (χ0) is 10.2. The molecular formula is C4BrF6I. The van der Waals surface area contributed by atoms with Crippen molar-refractivity contribution in [2.24, 2.45) is 0 Å². The van der Waals surface area contributed by atoms with Gasteiger partial charge >= 0.3 is 9.85 Å². The van der Waals surface area contributed by atoms with Crippen LogP contribution < -0.4 is 0 Å². The van der Waals surface area contributed by atoms with Crippen LogP contribution in [0.15, 0.2) is 10.6 Å². The molecule has 0 unspecified atom stereocenters. The fraction of sp³-hybridized carbons (Fsp3) is 0.500. The highest BCUT2D eigenvalue weighted by molar-refractivity contribution is 14.1. The van der Waals surface area contributed by atoms with Crippen LogP contribution >= 0.6 is 38.5 Å². The van der Waals surface area contributed by atoms with Crippen molar-refractivity contribution in [3.05, 3.63) is 10.6 Å². The Labute approximate surface area is 85.3 Å². The summed E-state index contributed by atoms with van der Waals surface area (Å²) in [7, 11) is 0. The Morgan fingerprint density at radius 1 is 1.08 bits per heavy atom. The van der Waals surface area contributed by atoms with E-state index >= 15 is 0 Å². The number of hydrogen-bond acceptors (Lipinski definition) is 0. The summed E-state index contributed by atoms with van der Waals surface area (Å²) in [4.78, 5) is 0. The summed E-state index contributed by atoms with van der Waals surface area (Å²) in [5, 5.41) is 0. The Hall–Kier alpha value is 0.530. The molecule has 12 heavy (non-hydrogen) atoms. The molecule has 0 rings (SSSR count). The second-order valence-corrected chi connectivity index (χ2v) is 3.79. The van der Waals surface area contributed by atoms with Gasteiger partial charge in [-0.25, -0.2) is 0 Å². The van der Waals surface area contributed by atoms with Crippen LogP contribution in [0.1, 0.15) is 0 Å². The molecule has 0 nitrogen and oxygen atoms in total. The highest BCUT2D eigenvalue weighted by Crippen LogP contribution is 2.47. The molecule has 72 valence electrons. The Bertz CT molecular complexity index is 202. The van der Waals surface area contributed by atoms with E-state index in [1.807, 2.05) is 0 Å². The predicted octanol–water partition coefficient (Wildman–Crippen LogP) is 4.15. The summed E-state index contributed by atoms with van der Waals surface area (Å²) in [6.07, 6.45) is -2.86. The third-order valence-corrected chi connectivity index (χ3v) is 2.27. The van der Waals surface area contributed by atoms with E-state index in [-0.39, 0.29) is 22.6 Å². The first-order valence-corrected chi connectivity index (χ1v) is 4.13. The average Bonchev–Trinajstić information content (AvgIpc) is 1.83. The van der Waals surface area contributed by atoms with Gasteiger partial charge in [0.1, 0.15) is 4.48 Å². The van der Waals surface area contributed by atoms with Crippen LogP contribution in [0.5, 0.6) is 0 Å². The van der Waals surface area contributed by atoms with Gasteiger partial charge in [-0.2, -0.15) is 26.3 Å². The fourth-order valence-electron chi connectivity index (χ4n) is 0.243. The van der Waals surface area contributed by atoms with E-state index in [0.29, 0.717) is 0 Å². The monoisotopic (exact) mass is 368 g/mol. The Morgan fingerprint density at radius 3 is 1.50 bits per heavy atom. The molecule has 0 saturated carbocycles. The molecule has 0 bridgehead atoms. The van der Waals surface area contributed by atoms with Crippen molar-refractivity contribution in [2.45, 2.75) is 9.85 Å². The molecule has 8 heteroatoms. The van der Waals surface area contributed by atoms with E-state index in [1.54, 1.807) is 15.9 Å². The largest absolute Gasteiger partial charge is 0.363 e. The maximum atomic E-state index is 12.2. The zero-order valence-electron chi connectivity index (χ0n) is 5.02. The molecule has 0 aromatic heterocycles. The van der Waals surface area contributed by atoms with Gasteiger partial charge in [0.05, 0.1) is 0 Å². The standard InChI is InChI=1S/C4BrF6I/c5-1(2(6)7)3(8,9)4(10,11)12. The van der Waals surface area contributed by atoms with E-state index in [1.165, 1.54) is 0 Å². The van der Waals surface area contributed by atoms with Crippen LogP contribution in [0, 0.1) is 0 Å². The highest BCUT2D eigenvalue weighted by atomic mass is 127. The Morgan fingerprint density at radius 2 is 1.42 bits per heavy atom. The van der Waals surface area contributed by atoms with Gasteiger partial charge in [0.25, 0.3) is 6.08 Å². The van der Waals surface area contributed by atoms with Crippen LogP contribution in [-0.2, 0) is 0 Å². The van der Waals surface area contributed by atoms with E-state index in [0.717, 1.165) is 0 Å². The third kappa shape index (κ3) is 2.51. The molecular weight excluding hydrogens is 369 g/mol. The fourth-order valence-corrected chi connectivity index (χ4v) is 1.13. The quantitative estimate of drug-likeness (QED) is 0.390. The van der Waals surface area contributed by atoms with E-state index in [4.69, 9.17) is 0 Å². The topological polar surface area (TPSA) is 0 Å². The molecule has 0 fully saturated rings. The number of hydrogen-bond donors (Lipinski definition) is 0. The molecule has 0 aromatic carbocycles. The van der Waals surface area contributed by atoms with Crippen molar-refractivity contribution >= 4 is 38.5 Å². The zero-order valence-corrected chi connectivity index (χ0v) is 8.77. The van der Waals surface area contributed by atoms with Crippen LogP contribution in [-0.4, -0.2) is 9.85 Å². The van der Waals surface area contributed by atoms with Crippen LogP contribution in [0.2, 0.25) is 0 Å². The Kier molecular flexibility index (Phi) is 3.89. The lowest BCUT2D eigenvalue weighted by Gasteiger charge is -2.19. The molecule has 0 N–H and O–H groups in total. The van der Waals surface area contributed by atoms with Gasteiger partial charge in [-0.05, 0) is 15.9 Å². The summed E-state index contributed by atoms with van der Waals surface area (Å²) in [5.41, 5.74) is 0. The summed E-state index contributed by atoms with van der Waals surface area (Å²) < 4.78 is 64.7. The van der Waals surface area contributed by atoms with Gasteiger partial charge in [0.15, 0.2) is 0 Å². The predicted molar refractivity (Wildman–Crippen MR) is 42.1 cm³/mol. The highest BCUT2D eigenvalue weighted by Gasteiger charge is 2.58. The second-order valence-electron chi connectivity index (χ2n) is 1.65. The van der Waals surface area contributed by atoms with E-state index in [9.17, 15) is 26.3 Å². The lowest BCUT2D eigenvalue weighted by molar-refractivity contribution is -0.108. The maximum absolute atomic E-state index is 12.2. The van der Waals surface area contributed by atoms with Crippen molar-refractivity contribution in [1.82, 2.24) is 0 Å². The SMILES string of the molecule is FC(F)=C(Br)C(F)(F)C(F)(F)I. The molecule has 0 radical (unpaired) electrons. The number of halogens is 8. The second kappa shape index (κ2) is 3.72. The normalized spacial score (nSPS) is 13.0.